The van der Waals surface area contributed by atoms with E-state index >= 15 is 0 Å². The maximum Gasteiger partial charge on any atom is 0.323 e. The molecule has 31 heavy (non-hydrogen) atoms. The van der Waals surface area contributed by atoms with E-state index in [0.717, 1.165) is 11.1 Å². The Hall–Kier alpha value is -3.19. The van der Waals surface area contributed by atoms with Crippen LogP contribution < -0.4 is 10.2 Å². The molecule has 7 heteroatoms. The van der Waals surface area contributed by atoms with Gasteiger partial charge in [-0.2, -0.15) is 0 Å². The van der Waals surface area contributed by atoms with Crippen LogP contribution in [0.3, 0.4) is 0 Å². The largest absolute Gasteiger partial charge is 0.480 e. The summed E-state index contributed by atoms with van der Waals surface area (Å²) < 4.78 is 5.24. The van der Waals surface area contributed by atoms with Crippen LogP contribution in [-0.2, 0) is 25.5 Å². The number of aliphatic carboxylic acids is 1. The zero-order valence-electron chi connectivity index (χ0n) is 17.6. The fourth-order valence-electron chi connectivity index (χ4n) is 3.95. The standard InChI is InChI=1S/C24H28N2O5/c1-2-31-24(30)19(17-8-4-3-5-9-17)14-15-25-20-13-12-18-10-6-7-11-21(18)26(23(20)29)16-22(27)28/h3-11,19-20,25H,2,12-16H2,1H3,(H,27,28)/t19?,20-/m0/s1. The van der Waals surface area contributed by atoms with E-state index in [4.69, 9.17) is 4.74 Å². The smallest absolute Gasteiger partial charge is 0.323 e. The maximum absolute atomic E-state index is 13.1. The molecule has 0 spiro atoms. The topological polar surface area (TPSA) is 95.9 Å². The van der Waals surface area contributed by atoms with Gasteiger partial charge < -0.3 is 15.2 Å². The summed E-state index contributed by atoms with van der Waals surface area (Å²) in [7, 11) is 0. The van der Waals surface area contributed by atoms with Gasteiger partial charge in [0, 0.05) is 5.69 Å². The zero-order valence-corrected chi connectivity index (χ0v) is 17.6. The second-order valence-electron chi connectivity index (χ2n) is 7.50. The monoisotopic (exact) mass is 424 g/mol. The van der Waals surface area contributed by atoms with Gasteiger partial charge in [-0.25, -0.2) is 0 Å². The SMILES string of the molecule is CCOC(=O)C(CCN[C@H]1CCc2ccccc2N(CC(=O)O)C1=O)c1ccccc1. The van der Waals surface area contributed by atoms with Gasteiger partial charge in [-0.15, -0.1) is 0 Å². The number of hydrogen-bond acceptors (Lipinski definition) is 5. The fourth-order valence-corrected chi connectivity index (χ4v) is 3.95. The molecule has 0 fully saturated rings. The number of benzene rings is 2. The Kier molecular flexibility index (Phi) is 7.78. The number of carbonyl (C=O) groups excluding carboxylic acids is 2. The van der Waals surface area contributed by atoms with E-state index in [-0.39, 0.29) is 18.4 Å². The number of carboxylic acids is 1. The lowest BCUT2D eigenvalue weighted by atomic mass is 9.95. The summed E-state index contributed by atoms with van der Waals surface area (Å²) in [6.45, 7) is 2.12. The first-order chi connectivity index (χ1) is 15.0. The predicted octanol–water partition coefficient (Wildman–Crippen LogP) is 2.75. The highest BCUT2D eigenvalue weighted by Crippen LogP contribution is 2.27. The lowest BCUT2D eigenvalue weighted by Crippen LogP contribution is -2.48. The van der Waals surface area contributed by atoms with Gasteiger partial charge in [0.2, 0.25) is 5.91 Å². The highest BCUT2D eigenvalue weighted by molar-refractivity contribution is 6.01. The minimum Gasteiger partial charge on any atom is -0.480 e. The van der Waals surface area contributed by atoms with Crippen molar-refractivity contribution >= 4 is 23.5 Å². The second-order valence-corrected chi connectivity index (χ2v) is 7.50. The summed E-state index contributed by atoms with van der Waals surface area (Å²) in [6.07, 6.45) is 1.69. The van der Waals surface area contributed by atoms with Gasteiger partial charge >= 0.3 is 11.9 Å². The van der Waals surface area contributed by atoms with Crippen molar-refractivity contribution in [1.82, 2.24) is 5.32 Å². The molecule has 0 radical (unpaired) electrons. The van der Waals surface area contributed by atoms with Gasteiger partial charge in [0.25, 0.3) is 0 Å². The average molecular weight is 424 g/mol. The molecule has 0 bridgehead atoms. The van der Waals surface area contributed by atoms with E-state index in [0.29, 0.717) is 38.1 Å². The Morgan fingerprint density at radius 1 is 1.16 bits per heavy atom. The molecule has 1 unspecified atom stereocenters. The normalized spacial score (nSPS) is 16.9. The van der Waals surface area contributed by atoms with Crippen molar-refractivity contribution < 1.29 is 24.2 Å². The molecule has 0 saturated heterocycles. The lowest BCUT2D eigenvalue weighted by molar-refractivity contribution is -0.145. The first-order valence-corrected chi connectivity index (χ1v) is 10.6. The summed E-state index contributed by atoms with van der Waals surface area (Å²) >= 11 is 0. The summed E-state index contributed by atoms with van der Waals surface area (Å²) in [5.41, 5.74) is 2.47. The van der Waals surface area contributed by atoms with Crippen LogP contribution >= 0.6 is 0 Å². The average Bonchev–Trinajstić information content (AvgIpc) is 2.89. The van der Waals surface area contributed by atoms with Crippen LogP contribution in [0.15, 0.2) is 54.6 Å². The quantitative estimate of drug-likeness (QED) is 0.601. The molecule has 164 valence electrons. The number of anilines is 1. The Balaban J connectivity index is 1.71. The number of rotatable bonds is 9. The number of amides is 1. The molecule has 7 nitrogen and oxygen atoms in total. The van der Waals surface area contributed by atoms with Crippen LogP contribution in [0.25, 0.3) is 0 Å². The molecule has 1 amide bonds. The van der Waals surface area contributed by atoms with E-state index in [1.54, 1.807) is 19.1 Å². The Morgan fingerprint density at radius 3 is 2.58 bits per heavy atom. The molecule has 2 aromatic rings. The van der Waals surface area contributed by atoms with E-state index in [1.807, 2.05) is 42.5 Å². The van der Waals surface area contributed by atoms with Crippen LogP contribution in [0.1, 0.15) is 36.8 Å². The number of hydrogen-bond donors (Lipinski definition) is 2. The highest BCUT2D eigenvalue weighted by atomic mass is 16.5. The molecule has 2 aromatic carbocycles. The summed E-state index contributed by atoms with van der Waals surface area (Å²) in [6, 6.07) is 16.3. The second kappa shape index (κ2) is 10.7. The lowest BCUT2D eigenvalue weighted by Gasteiger charge is -2.25. The molecular formula is C24H28N2O5. The Bertz CT molecular complexity index is 915. The minimum atomic E-state index is -1.06. The van der Waals surface area contributed by atoms with Gasteiger partial charge in [0.05, 0.1) is 18.6 Å². The number of carboxylic acid groups (broad SMARTS) is 1. The summed E-state index contributed by atoms with van der Waals surface area (Å²) in [5.74, 6) is -2.04. The first kappa shape index (κ1) is 22.5. The van der Waals surface area contributed by atoms with Crippen LogP contribution in [0.4, 0.5) is 5.69 Å². The number of aryl methyl sites for hydroxylation is 1. The van der Waals surface area contributed by atoms with Crippen molar-refractivity contribution in [2.24, 2.45) is 0 Å². The molecule has 2 atom stereocenters. The van der Waals surface area contributed by atoms with Crippen molar-refractivity contribution in [2.75, 3.05) is 24.6 Å². The van der Waals surface area contributed by atoms with Crippen molar-refractivity contribution in [2.45, 2.75) is 38.1 Å². The minimum absolute atomic E-state index is 0.264. The Labute approximate surface area is 182 Å². The number of nitrogens with one attached hydrogen (secondary N) is 1. The third-order valence-corrected chi connectivity index (χ3v) is 5.44. The molecule has 0 aromatic heterocycles. The number of fused-ring (bicyclic) bond motifs is 1. The highest BCUT2D eigenvalue weighted by Gasteiger charge is 2.31. The van der Waals surface area contributed by atoms with Crippen LogP contribution in [0, 0.1) is 0 Å². The molecule has 1 aliphatic rings. The zero-order chi connectivity index (χ0) is 22.2. The van der Waals surface area contributed by atoms with Crippen molar-refractivity contribution in [3.8, 4) is 0 Å². The maximum atomic E-state index is 13.1. The van der Waals surface area contributed by atoms with Gasteiger partial charge in [-0.05, 0) is 49.9 Å². The van der Waals surface area contributed by atoms with Gasteiger partial charge in [-0.1, -0.05) is 48.5 Å². The van der Waals surface area contributed by atoms with E-state index in [9.17, 15) is 19.5 Å². The third-order valence-electron chi connectivity index (χ3n) is 5.44. The molecular weight excluding hydrogens is 396 g/mol. The van der Waals surface area contributed by atoms with E-state index in [1.165, 1.54) is 4.90 Å². The molecule has 0 saturated carbocycles. The van der Waals surface area contributed by atoms with Crippen molar-refractivity contribution in [3.63, 3.8) is 0 Å². The molecule has 1 aliphatic heterocycles. The Morgan fingerprint density at radius 2 is 1.87 bits per heavy atom. The van der Waals surface area contributed by atoms with Crippen LogP contribution in [0.5, 0.6) is 0 Å². The van der Waals surface area contributed by atoms with E-state index < -0.39 is 17.9 Å². The number of carbonyl (C=O) groups is 3. The van der Waals surface area contributed by atoms with Gasteiger partial charge in [-0.3, -0.25) is 19.3 Å². The number of esters is 1. The number of nitrogens with zero attached hydrogens (tertiary/aromatic N) is 1. The van der Waals surface area contributed by atoms with Gasteiger partial charge in [0.15, 0.2) is 0 Å². The predicted molar refractivity (Wildman–Crippen MR) is 117 cm³/mol. The third kappa shape index (κ3) is 5.70. The summed E-state index contributed by atoms with van der Waals surface area (Å²) in [5, 5.41) is 12.6. The van der Waals surface area contributed by atoms with Crippen LogP contribution in [-0.4, -0.2) is 48.7 Å². The number of para-hydroxylation sites is 1. The fraction of sp³-hybridized carbons (Fsp3) is 0.375. The molecule has 1 heterocycles. The summed E-state index contributed by atoms with van der Waals surface area (Å²) in [4.78, 5) is 38.3. The van der Waals surface area contributed by atoms with Crippen molar-refractivity contribution in [1.29, 1.82) is 0 Å². The van der Waals surface area contributed by atoms with Crippen molar-refractivity contribution in [3.05, 3.63) is 65.7 Å². The van der Waals surface area contributed by atoms with Crippen LogP contribution in [0.2, 0.25) is 0 Å². The molecule has 3 rings (SSSR count). The first-order valence-electron chi connectivity index (χ1n) is 10.6. The molecule has 0 aliphatic carbocycles. The van der Waals surface area contributed by atoms with Gasteiger partial charge in [0.1, 0.15) is 6.54 Å². The molecule has 2 N–H and O–H groups in total. The van der Waals surface area contributed by atoms with E-state index in [2.05, 4.69) is 5.32 Å². The number of ether oxygens (including phenoxy) is 1.